The second-order valence-electron chi connectivity index (χ2n) is 11.6. The highest BCUT2D eigenvalue weighted by atomic mass is 35.5. The number of hydrogen-bond donors (Lipinski definition) is 1. The van der Waals surface area contributed by atoms with Crippen molar-refractivity contribution < 1.29 is 9.18 Å². The predicted molar refractivity (Wildman–Crippen MR) is 198 cm³/mol. The molecule has 3 aromatic carbocycles. The molecule has 2 heterocycles. The van der Waals surface area contributed by atoms with Gasteiger partial charge in [-0.3, -0.25) is 14.7 Å². The molecule has 1 atom stereocenters. The van der Waals surface area contributed by atoms with E-state index in [0.29, 0.717) is 34.6 Å². The molecule has 0 saturated carbocycles. The molecule has 0 aliphatic rings. The summed E-state index contributed by atoms with van der Waals surface area (Å²) in [5.41, 5.74) is 5.00. The molecule has 5 aromatic rings. The fraction of sp³-hybridized carbons (Fsp3) is 0.297. The van der Waals surface area contributed by atoms with Gasteiger partial charge in [-0.15, -0.1) is 12.4 Å². The van der Waals surface area contributed by atoms with E-state index >= 15 is 0 Å². The smallest absolute Gasteiger partial charge is 0.277 e. The van der Waals surface area contributed by atoms with Crippen LogP contribution in [0.4, 0.5) is 4.39 Å². The van der Waals surface area contributed by atoms with Gasteiger partial charge in [0, 0.05) is 54.3 Å². The summed E-state index contributed by atoms with van der Waals surface area (Å²) in [6.45, 7) is 9.65. The number of thioether (sulfide) groups is 1. The summed E-state index contributed by atoms with van der Waals surface area (Å²) in [7, 11) is 0. The highest BCUT2D eigenvalue weighted by Crippen LogP contribution is 2.26. The number of likely N-dealkylation sites (N-methyl/N-ethyl adjacent to an activating group) is 1. The molecular formula is C37H41Cl2FN6O2S. The van der Waals surface area contributed by atoms with Crippen LogP contribution >= 0.6 is 35.8 Å². The van der Waals surface area contributed by atoms with E-state index in [1.165, 1.54) is 23.9 Å². The van der Waals surface area contributed by atoms with E-state index in [-0.39, 0.29) is 42.2 Å². The third-order valence-electron chi connectivity index (χ3n) is 8.50. The van der Waals surface area contributed by atoms with Crippen LogP contribution in [0.15, 0.2) is 101 Å². The average molecular weight is 724 g/mol. The molecule has 2 aromatic heterocycles. The number of carbonyl (C=O) groups excluding carboxylic acids is 1. The summed E-state index contributed by atoms with van der Waals surface area (Å²) >= 11 is 7.42. The molecule has 1 unspecified atom stereocenters. The van der Waals surface area contributed by atoms with Gasteiger partial charge in [0.25, 0.3) is 5.56 Å². The van der Waals surface area contributed by atoms with Gasteiger partial charge < -0.3 is 14.4 Å². The lowest BCUT2D eigenvalue weighted by molar-refractivity contribution is -0.132. The van der Waals surface area contributed by atoms with E-state index in [1.807, 2.05) is 36.1 Å². The van der Waals surface area contributed by atoms with Gasteiger partial charge in [0.2, 0.25) is 5.91 Å². The number of carbonyl (C=O) groups is 1. The van der Waals surface area contributed by atoms with E-state index in [0.717, 1.165) is 47.5 Å². The second-order valence-corrected chi connectivity index (χ2v) is 13.0. The van der Waals surface area contributed by atoms with E-state index in [9.17, 15) is 14.0 Å². The molecule has 0 aliphatic heterocycles. The Morgan fingerprint density at radius 3 is 2.20 bits per heavy atom. The maximum Gasteiger partial charge on any atom is 0.277 e. The fourth-order valence-corrected chi connectivity index (χ4v) is 6.47. The molecule has 0 bridgehead atoms. The number of nitrogens with zero attached hydrogens (tertiary/aromatic N) is 5. The highest BCUT2D eigenvalue weighted by molar-refractivity contribution is 7.98. The Balaban J connectivity index is 0.00000541. The first-order valence-electron chi connectivity index (χ1n) is 16.1. The molecule has 5 rings (SSSR count). The Bertz CT molecular complexity index is 1830. The molecule has 1 amide bonds. The molecule has 0 saturated heterocycles. The Kier molecular flexibility index (Phi) is 14.0. The van der Waals surface area contributed by atoms with Crippen molar-refractivity contribution >= 4 is 41.7 Å². The van der Waals surface area contributed by atoms with Gasteiger partial charge in [-0.05, 0) is 65.2 Å². The minimum atomic E-state index is -0.354. The van der Waals surface area contributed by atoms with E-state index < -0.39 is 0 Å². The van der Waals surface area contributed by atoms with Gasteiger partial charge in [-0.2, -0.15) is 10.1 Å². The molecule has 49 heavy (non-hydrogen) atoms. The number of amides is 1. The van der Waals surface area contributed by atoms with Crippen molar-refractivity contribution in [1.82, 2.24) is 29.5 Å². The summed E-state index contributed by atoms with van der Waals surface area (Å²) in [4.78, 5) is 36.1. The zero-order chi connectivity index (χ0) is 34.0. The van der Waals surface area contributed by atoms with Gasteiger partial charge in [0.1, 0.15) is 12.4 Å². The Morgan fingerprint density at radius 2 is 1.59 bits per heavy atom. The highest BCUT2D eigenvalue weighted by Gasteiger charge is 2.21. The summed E-state index contributed by atoms with van der Waals surface area (Å²) in [6.07, 6.45) is 5.19. The van der Waals surface area contributed by atoms with E-state index in [1.54, 1.807) is 35.3 Å². The third kappa shape index (κ3) is 10.3. The first kappa shape index (κ1) is 37.9. The topological polar surface area (TPSA) is 87.1 Å². The lowest BCUT2D eigenvalue weighted by atomic mass is 9.98. The number of aromatic nitrogens is 4. The first-order chi connectivity index (χ1) is 23.2. The minimum absolute atomic E-state index is 0. The standard InChI is InChI=1S/C37H40ClFN6O2S.ClH/c1-4-43(5-2)18-19-44(22-27-6-10-29(11-7-27)30-12-14-32(38)15-13-30)35(46)24-45-23-34(26(3)31-20-40-41-21-31)36(47)42-37(45)48-25-28-8-16-33(39)17-9-28;/h6-17,20-21,23,26H,4-5,18-19,22,24-25H2,1-3H3,(H,40,41);1H. The summed E-state index contributed by atoms with van der Waals surface area (Å²) < 4.78 is 15.3. The molecule has 1 N–H and O–H groups in total. The summed E-state index contributed by atoms with van der Waals surface area (Å²) in [6, 6.07) is 22.2. The number of nitrogens with one attached hydrogen (secondary N) is 1. The van der Waals surface area contributed by atoms with Crippen molar-refractivity contribution in [2.24, 2.45) is 0 Å². The van der Waals surface area contributed by atoms with Crippen molar-refractivity contribution in [3.05, 3.63) is 135 Å². The van der Waals surface area contributed by atoms with Gasteiger partial charge in [-0.1, -0.05) is 92.7 Å². The zero-order valence-electron chi connectivity index (χ0n) is 27.8. The molecule has 12 heteroatoms. The van der Waals surface area contributed by atoms with Crippen LogP contribution in [0.1, 0.15) is 48.9 Å². The average Bonchev–Trinajstić information content (AvgIpc) is 3.64. The molecular weight excluding hydrogens is 682 g/mol. The normalized spacial score (nSPS) is 11.7. The van der Waals surface area contributed by atoms with Crippen molar-refractivity contribution in [1.29, 1.82) is 0 Å². The molecule has 0 fully saturated rings. The van der Waals surface area contributed by atoms with Crippen LogP contribution in [0.25, 0.3) is 11.1 Å². The SMILES string of the molecule is CCN(CC)CCN(Cc1ccc(-c2ccc(Cl)cc2)cc1)C(=O)Cn1cc(C(C)c2cn[nH]c2)c(=O)nc1SCc1ccc(F)cc1.Cl. The summed E-state index contributed by atoms with van der Waals surface area (Å²) in [5.74, 6) is -0.214. The molecule has 0 radical (unpaired) electrons. The van der Waals surface area contributed by atoms with E-state index in [2.05, 4.69) is 58.2 Å². The lowest BCUT2D eigenvalue weighted by Crippen LogP contribution is -2.40. The summed E-state index contributed by atoms with van der Waals surface area (Å²) in [5, 5.41) is 7.96. The van der Waals surface area contributed by atoms with Gasteiger partial charge in [0.15, 0.2) is 5.16 Å². The van der Waals surface area contributed by atoms with Crippen LogP contribution in [0.5, 0.6) is 0 Å². The Labute approximate surface area is 302 Å². The van der Waals surface area contributed by atoms with Gasteiger partial charge in [-0.25, -0.2) is 4.39 Å². The third-order valence-corrected chi connectivity index (χ3v) is 9.81. The van der Waals surface area contributed by atoms with E-state index in [4.69, 9.17) is 11.6 Å². The largest absolute Gasteiger partial charge is 0.336 e. The number of benzene rings is 3. The van der Waals surface area contributed by atoms with Crippen LogP contribution in [-0.4, -0.2) is 61.6 Å². The minimum Gasteiger partial charge on any atom is -0.336 e. The van der Waals surface area contributed by atoms with Crippen LogP contribution < -0.4 is 5.56 Å². The zero-order valence-corrected chi connectivity index (χ0v) is 30.2. The van der Waals surface area contributed by atoms with Crippen LogP contribution in [0.2, 0.25) is 5.02 Å². The number of halogens is 3. The molecule has 258 valence electrons. The Morgan fingerprint density at radius 1 is 0.959 bits per heavy atom. The second kappa shape index (κ2) is 18.2. The van der Waals surface area contributed by atoms with Crippen molar-refractivity contribution in [3.8, 4) is 11.1 Å². The van der Waals surface area contributed by atoms with Crippen molar-refractivity contribution in [2.45, 2.75) is 50.7 Å². The van der Waals surface area contributed by atoms with Crippen LogP contribution in [-0.2, 0) is 23.6 Å². The van der Waals surface area contributed by atoms with Gasteiger partial charge >= 0.3 is 0 Å². The van der Waals surface area contributed by atoms with Crippen molar-refractivity contribution in [3.63, 3.8) is 0 Å². The number of aromatic amines is 1. The number of H-pyrrole nitrogens is 1. The molecule has 8 nitrogen and oxygen atoms in total. The quantitative estimate of drug-likeness (QED) is 0.0882. The number of hydrogen-bond acceptors (Lipinski definition) is 6. The maximum atomic E-state index is 14.2. The van der Waals surface area contributed by atoms with Gasteiger partial charge in [0.05, 0.1) is 6.20 Å². The van der Waals surface area contributed by atoms with Crippen molar-refractivity contribution in [2.75, 3.05) is 26.2 Å². The number of rotatable bonds is 15. The monoisotopic (exact) mass is 722 g/mol. The molecule has 0 aliphatic carbocycles. The van der Waals surface area contributed by atoms with Crippen LogP contribution in [0.3, 0.4) is 0 Å². The first-order valence-corrected chi connectivity index (χ1v) is 17.4. The predicted octanol–water partition coefficient (Wildman–Crippen LogP) is 7.66. The molecule has 0 spiro atoms. The lowest BCUT2D eigenvalue weighted by Gasteiger charge is -2.27. The fourth-order valence-electron chi connectivity index (χ4n) is 5.43. The maximum absolute atomic E-state index is 14.2. The Hall–Kier alpha value is -3.96. The van der Waals surface area contributed by atoms with Crippen LogP contribution in [0, 0.1) is 5.82 Å².